The van der Waals surface area contributed by atoms with Crippen LogP contribution in [0.25, 0.3) is 60.7 Å². The summed E-state index contributed by atoms with van der Waals surface area (Å²) in [4.78, 5) is 5.37. The summed E-state index contributed by atoms with van der Waals surface area (Å²) in [6.07, 6.45) is 10.8. The molecular weight excluding hydrogens is 595 g/mol. The van der Waals surface area contributed by atoms with Gasteiger partial charge in [0.15, 0.2) is 0 Å². The van der Waals surface area contributed by atoms with Crippen molar-refractivity contribution in [2.75, 3.05) is 0 Å². The molecule has 8 aromatic rings. The summed E-state index contributed by atoms with van der Waals surface area (Å²) in [5.41, 5.74) is 9.55. The molecule has 0 aliphatic heterocycles. The molecule has 0 spiro atoms. The number of hydrogen-bond acceptors (Lipinski definition) is 2. The minimum atomic E-state index is 0.567. The second-order valence-electron chi connectivity index (χ2n) is 12.6. The lowest BCUT2D eigenvalue weighted by Crippen LogP contribution is -2.05. The Labute approximate surface area is 287 Å². The number of aliphatic imine (C=N–C) groups is 1. The molecule has 0 aliphatic carbocycles. The zero-order valence-electron chi connectivity index (χ0n) is 27.6. The molecule has 8 rings (SSSR count). The van der Waals surface area contributed by atoms with E-state index in [0.29, 0.717) is 6.54 Å². The SMILES string of the molecule is CCC/C=C\C=Cc1ccc2c(c1)oc1cccc(/C(=N\Cc3ccc4ccccc4c3)c3ccc(-c4cccc5ccccc45)cc3)c12. The predicted octanol–water partition coefficient (Wildman–Crippen LogP) is 13.0. The number of hydrogen-bond donors (Lipinski definition) is 0. The van der Waals surface area contributed by atoms with Gasteiger partial charge in [-0.1, -0.05) is 159 Å². The number of unbranched alkanes of at least 4 members (excludes halogenated alkanes) is 1. The summed E-state index contributed by atoms with van der Waals surface area (Å²) in [5, 5.41) is 7.14. The van der Waals surface area contributed by atoms with E-state index in [4.69, 9.17) is 9.41 Å². The first-order valence-electron chi connectivity index (χ1n) is 17.1. The molecule has 0 fully saturated rings. The van der Waals surface area contributed by atoms with Crippen molar-refractivity contribution in [2.45, 2.75) is 26.3 Å². The molecule has 0 bridgehead atoms. The Kier molecular flexibility index (Phi) is 8.44. The largest absolute Gasteiger partial charge is 0.456 e. The third kappa shape index (κ3) is 6.22. The van der Waals surface area contributed by atoms with Crippen LogP contribution < -0.4 is 0 Å². The van der Waals surface area contributed by atoms with Crippen LogP contribution in [0.2, 0.25) is 0 Å². The molecule has 0 unspecified atom stereocenters. The highest BCUT2D eigenvalue weighted by atomic mass is 16.3. The van der Waals surface area contributed by atoms with E-state index in [1.54, 1.807) is 0 Å². The van der Waals surface area contributed by atoms with Crippen molar-refractivity contribution in [3.8, 4) is 11.1 Å². The second kappa shape index (κ2) is 13.6. The lowest BCUT2D eigenvalue weighted by Gasteiger charge is -2.12. The maximum atomic E-state index is 6.49. The van der Waals surface area contributed by atoms with E-state index in [2.05, 4.69) is 177 Å². The van der Waals surface area contributed by atoms with Gasteiger partial charge in [-0.25, -0.2) is 0 Å². The van der Waals surface area contributed by atoms with Crippen molar-refractivity contribution in [2.24, 2.45) is 4.99 Å². The fourth-order valence-electron chi connectivity index (χ4n) is 6.78. The maximum Gasteiger partial charge on any atom is 0.136 e. The number of furan rings is 1. The van der Waals surface area contributed by atoms with Gasteiger partial charge in [0.1, 0.15) is 11.2 Å². The number of allylic oxidation sites excluding steroid dienone is 3. The van der Waals surface area contributed by atoms with Crippen LogP contribution in [0.5, 0.6) is 0 Å². The molecule has 0 atom stereocenters. The van der Waals surface area contributed by atoms with E-state index in [1.807, 2.05) is 0 Å². The van der Waals surface area contributed by atoms with Crippen molar-refractivity contribution < 1.29 is 4.42 Å². The monoisotopic (exact) mass is 631 g/mol. The first-order valence-corrected chi connectivity index (χ1v) is 17.1. The fraction of sp³-hybridized carbons (Fsp3) is 0.0851. The van der Waals surface area contributed by atoms with Gasteiger partial charge in [0.05, 0.1) is 12.3 Å². The van der Waals surface area contributed by atoms with Crippen LogP contribution in [0.3, 0.4) is 0 Å². The summed E-state index contributed by atoms with van der Waals surface area (Å²) < 4.78 is 6.49. The molecule has 0 aliphatic rings. The van der Waals surface area contributed by atoms with E-state index in [1.165, 1.54) is 38.2 Å². The summed E-state index contributed by atoms with van der Waals surface area (Å²) in [7, 11) is 0. The van der Waals surface area contributed by atoms with E-state index in [-0.39, 0.29) is 0 Å². The lowest BCUT2D eigenvalue weighted by atomic mass is 9.94. The molecule has 0 N–H and O–H groups in total. The molecule has 2 nitrogen and oxygen atoms in total. The van der Waals surface area contributed by atoms with Crippen LogP contribution in [0.4, 0.5) is 0 Å². The minimum absolute atomic E-state index is 0.567. The van der Waals surface area contributed by atoms with E-state index < -0.39 is 0 Å². The van der Waals surface area contributed by atoms with Gasteiger partial charge in [-0.05, 0) is 74.5 Å². The molecule has 0 radical (unpaired) electrons. The normalized spacial score (nSPS) is 12.4. The molecule has 2 heteroatoms. The van der Waals surface area contributed by atoms with Gasteiger partial charge in [0, 0.05) is 21.9 Å². The van der Waals surface area contributed by atoms with Gasteiger partial charge in [0.25, 0.3) is 0 Å². The quantitative estimate of drug-likeness (QED) is 0.115. The standard InChI is InChI=1S/C47H37NO/c1-2-3-4-5-6-13-33-23-29-42-45(31-33)49-44-21-12-20-43(46(42)44)47(48-32-34-22-24-35-14-7-8-16-39(35)30-34)38-27-25-37(26-28-38)41-19-11-17-36-15-9-10-18-40(36)41/h4-31H,2-3,32H2,1H3/b5-4-,13-6?,48-47-. The zero-order chi connectivity index (χ0) is 33.0. The van der Waals surface area contributed by atoms with Crippen LogP contribution in [0.1, 0.15) is 42.0 Å². The van der Waals surface area contributed by atoms with Crippen molar-refractivity contribution in [3.63, 3.8) is 0 Å². The highest BCUT2D eigenvalue weighted by Crippen LogP contribution is 2.35. The van der Waals surface area contributed by atoms with Crippen LogP contribution in [-0.4, -0.2) is 5.71 Å². The van der Waals surface area contributed by atoms with Crippen LogP contribution in [0.15, 0.2) is 173 Å². The Morgan fingerprint density at radius 2 is 1.43 bits per heavy atom. The summed E-state index contributed by atoms with van der Waals surface area (Å²) in [6, 6.07) is 51.9. The first kappa shape index (κ1) is 30.4. The molecule has 1 heterocycles. The fourth-order valence-corrected chi connectivity index (χ4v) is 6.78. The molecule has 7 aromatic carbocycles. The average Bonchev–Trinajstić information content (AvgIpc) is 3.53. The van der Waals surface area contributed by atoms with Gasteiger partial charge < -0.3 is 4.42 Å². The van der Waals surface area contributed by atoms with E-state index in [9.17, 15) is 0 Å². The highest BCUT2D eigenvalue weighted by Gasteiger charge is 2.17. The molecule has 0 saturated carbocycles. The average molecular weight is 632 g/mol. The number of benzene rings is 7. The van der Waals surface area contributed by atoms with Crippen molar-refractivity contribution in [3.05, 3.63) is 186 Å². The summed E-state index contributed by atoms with van der Waals surface area (Å²) in [5.74, 6) is 0. The Hall–Kier alpha value is -5.99. The molecule has 236 valence electrons. The van der Waals surface area contributed by atoms with Gasteiger partial charge in [-0.15, -0.1) is 0 Å². The number of fused-ring (bicyclic) bond motifs is 5. The van der Waals surface area contributed by atoms with Crippen LogP contribution in [-0.2, 0) is 6.54 Å². The van der Waals surface area contributed by atoms with Crippen molar-refractivity contribution >= 4 is 55.3 Å². The van der Waals surface area contributed by atoms with Crippen LogP contribution >= 0.6 is 0 Å². The summed E-state index contributed by atoms with van der Waals surface area (Å²) in [6.45, 7) is 2.76. The Balaban J connectivity index is 1.23. The smallest absolute Gasteiger partial charge is 0.136 e. The highest BCUT2D eigenvalue weighted by molar-refractivity contribution is 6.24. The minimum Gasteiger partial charge on any atom is -0.456 e. The topological polar surface area (TPSA) is 25.5 Å². The van der Waals surface area contributed by atoms with Crippen molar-refractivity contribution in [1.82, 2.24) is 0 Å². The first-order chi connectivity index (χ1) is 24.2. The second-order valence-corrected chi connectivity index (χ2v) is 12.6. The van der Waals surface area contributed by atoms with Gasteiger partial charge >= 0.3 is 0 Å². The van der Waals surface area contributed by atoms with Gasteiger partial charge in [-0.2, -0.15) is 0 Å². The molecule has 1 aromatic heterocycles. The summed E-state index contributed by atoms with van der Waals surface area (Å²) >= 11 is 0. The number of nitrogens with zero attached hydrogens (tertiary/aromatic N) is 1. The van der Waals surface area contributed by atoms with E-state index in [0.717, 1.165) is 57.2 Å². The third-order valence-electron chi connectivity index (χ3n) is 9.26. The van der Waals surface area contributed by atoms with Gasteiger partial charge in [0.2, 0.25) is 0 Å². The zero-order valence-corrected chi connectivity index (χ0v) is 27.6. The van der Waals surface area contributed by atoms with Crippen molar-refractivity contribution in [1.29, 1.82) is 0 Å². The molecular formula is C47H37NO. The van der Waals surface area contributed by atoms with E-state index >= 15 is 0 Å². The molecule has 49 heavy (non-hydrogen) atoms. The molecule has 0 saturated heterocycles. The molecule has 0 amide bonds. The Morgan fingerprint density at radius 1 is 0.633 bits per heavy atom. The Morgan fingerprint density at radius 3 is 2.31 bits per heavy atom. The predicted molar refractivity (Wildman–Crippen MR) is 209 cm³/mol. The van der Waals surface area contributed by atoms with Crippen LogP contribution in [0, 0.1) is 0 Å². The maximum absolute atomic E-state index is 6.49. The third-order valence-corrected chi connectivity index (χ3v) is 9.26. The lowest BCUT2D eigenvalue weighted by molar-refractivity contribution is 0.669. The number of rotatable bonds is 9. The van der Waals surface area contributed by atoms with Gasteiger partial charge in [-0.3, -0.25) is 4.99 Å². The Bertz CT molecular complexity index is 2520.